The van der Waals surface area contributed by atoms with Gasteiger partial charge in [-0.2, -0.15) is 0 Å². The van der Waals surface area contributed by atoms with Gasteiger partial charge in [-0.25, -0.2) is 4.98 Å². The van der Waals surface area contributed by atoms with Crippen molar-refractivity contribution >= 4 is 0 Å². The highest BCUT2D eigenvalue weighted by Gasteiger charge is 2.20. The molecule has 84 valence electrons. The van der Waals surface area contributed by atoms with E-state index in [2.05, 4.69) is 9.55 Å². The van der Waals surface area contributed by atoms with E-state index in [0.717, 1.165) is 43.1 Å². The molecule has 1 aliphatic heterocycles. The zero-order chi connectivity index (χ0) is 11.0. The third-order valence-corrected chi connectivity index (χ3v) is 3.16. The Hall–Kier alpha value is -1.55. The van der Waals surface area contributed by atoms with Crippen LogP contribution in [0.4, 0.5) is 0 Å². The van der Waals surface area contributed by atoms with Crippen LogP contribution in [0.15, 0.2) is 29.0 Å². The lowest BCUT2D eigenvalue weighted by atomic mass is 10.1. The van der Waals surface area contributed by atoms with Crippen molar-refractivity contribution in [3.63, 3.8) is 0 Å². The van der Waals surface area contributed by atoms with Gasteiger partial charge in [0.25, 0.3) is 0 Å². The monoisotopic (exact) mass is 217 g/mol. The zero-order valence-corrected chi connectivity index (χ0v) is 9.10. The van der Waals surface area contributed by atoms with Gasteiger partial charge in [0.15, 0.2) is 0 Å². The molecule has 1 atom stereocenters. The molecule has 0 aromatic carbocycles. The van der Waals surface area contributed by atoms with Crippen molar-refractivity contribution in [3.8, 4) is 0 Å². The maximum absolute atomic E-state index is 6.05. The summed E-state index contributed by atoms with van der Waals surface area (Å²) >= 11 is 0. The first kappa shape index (κ1) is 9.66. The summed E-state index contributed by atoms with van der Waals surface area (Å²) in [4.78, 5) is 4.45. The summed E-state index contributed by atoms with van der Waals surface area (Å²) in [7, 11) is 0. The molecule has 0 amide bonds. The Morgan fingerprint density at radius 2 is 2.50 bits per heavy atom. The van der Waals surface area contributed by atoms with Crippen LogP contribution in [0, 0.1) is 0 Å². The Labute approximate surface area is 94.1 Å². The summed E-state index contributed by atoms with van der Waals surface area (Å²) < 4.78 is 7.57. The highest BCUT2D eigenvalue weighted by atomic mass is 16.3. The lowest BCUT2D eigenvalue weighted by Gasteiger charge is -2.21. The summed E-state index contributed by atoms with van der Waals surface area (Å²) in [5.74, 6) is 2.01. The van der Waals surface area contributed by atoms with Crippen LogP contribution in [-0.2, 0) is 13.0 Å². The van der Waals surface area contributed by atoms with E-state index in [1.54, 1.807) is 6.26 Å². The number of nitrogens with zero attached hydrogens (tertiary/aromatic N) is 2. The average molecular weight is 217 g/mol. The second kappa shape index (κ2) is 3.79. The van der Waals surface area contributed by atoms with Crippen molar-refractivity contribution in [2.45, 2.75) is 31.8 Å². The fourth-order valence-electron chi connectivity index (χ4n) is 2.31. The highest BCUT2D eigenvalue weighted by molar-refractivity contribution is 5.16. The van der Waals surface area contributed by atoms with Crippen LogP contribution >= 0.6 is 0 Å². The van der Waals surface area contributed by atoms with Gasteiger partial charge in [0.05, 0.1) is 24.6 Å². The lowest BCUT2D eigenvalue weighted by Crippen LogP contribution is -2.22. The molecule has 3 rings (SSSR count). The van der Waals surface area contributed by atoms with E-state index >= 15 is 0 Å². The summed E-state index contributed by atoms with van der Waals surface area (Å²) in [6.07, 6.45) is 6.55. The zero-order valence-electron chi connectivity index (χ0n) is 9.10. The van der Waals surface area contributed by atoms with Crippen LogP contribution in [0.25, 0.3) is 0 Å². The third kappa shape index (κ3) is 1.55. The number of fused-ring (bicyclic) bond motifs is 1. The van der Waals surface area contributed by atoms with Gasteiger partial charge in [0, 0.05) is 12.6 Å². The molecule has 0 radical (unpaired) electrons. The van der Waals surface area contributed by atoms with Crippen LogP contribution < -0.4 is 5.73 Å². The first-order chi connectivity index (χ1) is 7.84. The van der Waals surface area contributed by atoms with E-state index in [9.17, 15) is 0 Å². The Kier molecular flexibility index (Phi) is 2.29. The van der Waals surface area contributed by atoms with Gasteiger partial charge >= 0.3 is 0 Å². The van der Waals surface area contributed by atoms with Crippen LogP contribution in [0.1, 0.15) is 36.2 Å². The number of hydrogen-bond acceptors (Lipinski definition) is 3. The Bertz CT molecular complexity index is 472. The molecule has 0 aliphatic carbocycles. The van der Waals surface area contributed by atoms with Crippen molar-refractivity contribution in [1.29, 1.82) is 0 Å². The topological polar surface area (TPSA) is 57.0 Å². The smallest absolute Gasteiger partial charge is 0.116 e. The number of aromatic nitrogens is 2. The average Bonchev–Trinajstić information content (AvgIpc) is 2.90. The minimum Gasteiger partial charge on any atom is -0.469 e. The van der Waals surface area contributed by atoms with Gasteiger partial charge in [-0.15, -0.1) is 0 Å². The first-order valence-corrected chi connectivity index (χ1v) is 5.67. The predicted octanol–water partition coefficient (Wildman–Crippen LogP) is 1.86. The van der Waals surface area contributed by atoms with Crippen molar-refractivity contribution in [2.24, 2.45) is 5.73 Å². The largest absolute Gasteiger partial charge is 0.469 e. The van der Waals surface area contributed by atoms with Crippen LogP contribution in [-0.4, -0.2) is 9.55 Å². The summed E-state index contributed by atoms with van der Waals surface area (Å²) in [6.45, 7) is 1.03. The standard InChI is InChI=1S/C12H15N3O/c13-10-4-1-5-15-11(10)8-14-12(15)7-9-3-2-6-16-9/h2-3,6,8,10H,1,4-5,7,13H2. The van der Waals surface area contributed by atoms with Crippen molar-refractivity contribution < 1.29 is 4.42 Å². The quantitative estimate of drug-likeness (QED) is 0.835. The second-order valence-corrected chi connectivity index (χ2v) is 4.26. The first-order valence-electron chi connectivity index (χ1n) is 5.67. The maximum atomic E-state index is 6.05. The fraction of sp³-hybridized carbons (Fsp3) is 0.417. The molecular formula is C12H15N3O. The molecule has 2 aromatic rings. The third-order valence-electron chi connectivity index (χ3n) is 3.16. The molecule has 0 bridgehead atoms. The number of rotatable bonds is 2. The molecule has 0 fully saturated rings. The van der Waals surface area contributed by atoms with E-state index in [1.165, 1.54) is 0 Å². The number of hydrogen-bond donors (Lipinski definition) is 1. The predicted molar refractivity (Wildman–Crippen MR) is 59.9 cm³/mol. The Morgan fingerprint density at radius 1 is 1.56 bits per heavy atom. The molecule has 0 spiro atoms. The van der Waals surface area contributed by atoms with E-state index in [1.807, 2.05) is 18.3 Å². The Balaban J connectivity index is 1.91. The molecule has 0 saturated carbocycles. The number of furan rings is 1. The highest BCUT2D eigenvalue weighted by Crippen LogP contribution is 2.24. The molecule has 1 unspecified atom stereocenters. The van der Waals surface area contributed by atoms with Gasteiger partial charge in [0.2, 0.25) is 0 Å². The summed E-state index contributed by atoms with van der Waals surface area (Å²) in [6, 6.07) is 4.03. The molecule has 16 heavy (non-hydrogen) atoms. The van der Waals surface area contributed by atoms with E-state index in [4.69, 9.17) is 10.2 Å². The maximum Gasteiger partial charge on any atom is 0.116 e. The van der Waals surface area contributed by atoms with Gasteiger partial charge in [-0.3, -0.25) is 0 Å². The van der Waals surface area contributed by atoms with E-state index < -0.39 is 0 Å². The van der Waals surface area contributed by atoms with Crippen LogP contribution in [0.2, 0.25) is 0 Å². The number of nitrogens with two attached hydrogens (primary N) is 1. The van der Waals surface area contributed by atoms with Crippen molar-refractivity contribution in [1.82, 2.24) is 9.55 Å². The summed E-state index contributed by atoms with van der Waals surface area (Å²) in [5, 5.41) is 0. The molecule has 0 saturated heterocycles. The van der Waals surface area contributed by atoms with Crippen LogP contribution in [0.5, 0.6) is 0 Å². The van der Waals surface area contributed by atoms with Crippen molar-refractivity contribution in [3.05, 3.63) is 41.9 Å². The van der Waals surface area contributed by atoms with Gasteiger partial charge in [-0.1, -0.05) is 0 Å². The minimum atomic E-state index is 0.145. The molecule has 3 heterocycles. The minimum absolute atomic E-state index is 0.145. The van der Waals surface area contributed by atoms with E-state index in [-0.39, 0.29) is 6.04 Å². The van der Waals surface area contributed by atoms with Crippen molar-refractivity contribution in [2.75, 3.05) is 0 Å². The molecule has 1 aliphatic rings. The Morgan fingerprint density at radius 3 is 3.31 bits per heavy atom. The van der Waals surface area contributed by atoms with E-state index in [0.29, 0.717) is 0 Å². The number of imidazole rings is 1. The molecular weight excluding hydrogens is 202 g/mol. The molecule has 2 N–H and O–H groups in total. The van der Waals surface area contributed by atoms with Gasteiger partial charge < -0.3 is 14.7 Å². The van der Waals surface area contributed by atoms with Gasteiger partial charge in [-0.05, 0) is 25.0 Å². The normalized spacial score (nSPS) is 19.7. The molecule has 4 nitrogen and oxygen atoms in total. The van der Waals surface area contributed by atoms with Crippen LogP contribution in [0.3, 0.4) is 0 Å². The second-order valence-electron chi connectivity index (χ2n) is 4.26. The molecule has 2 aromatic heterocycles. The molecule has 4 heteroatoms. The fourth-order valence-corrected chi connectivity index (χ4v) is 2.31. The van der Waals surface area contributed by atoms with Gasteiger partial charge in [0.1, 0.15) is 11.6 Å². The summed E-state index contributed by atoms with van der Waals surface area (Å²) in [5.41, 5.74) is 7.21. The SMILES string of the molecule is NC1CCCn2c1cnc2Cc1ccco1. The lowest BCUT2D eigenvalue weighted by molar-refractivity contribution is 0.447.